The summed E-state index contributed by atoms with van der Waals surface area (Å²) in [5, 5.41) is 17.9. The van der Waals surface area contributed by atoms with E-state index < -0.39 is 12.0 Å². The summed E-state index contributed by atoms with van der Waals surface area (Å²) in [6.07, 6.45) is -0.0938. The smallest absolute Gasteiger partial charge is 0.305 e. The van der Waals surface area contributed by atoms with Crippen molar-refractivity contribution < 1.29 is 19.2 Å². The van der Waals surface area contributed by atoms with E-state index in [1.807, 2.05) is 42.5 Å². The van der Waals surface area contributed by atoms with Crippen LogP contribution in [0.5, 0.6) is 0 Å². The molecule has 1 atom stereocenters. The van der Waals surface area contributed by atoms with E-state index in [4.69, 9.17) is 4.52 Å². The van der Waals surface area contributed by atoms with Crippen LogP contribution >= 0.6 is 0 Å². The second kappa shape index (κ2) is 7.39. The van der Waals surface area contributed by atoms with Crippen molar-refractivity contribution in [3.8, 4) is 0 Å². The van der Waals surface area contributed by atoms with Gasteiger partial charge in [0, 0.05) is 5.56 Å². The Labute approximate surface area is 150 Å². The monoisotopic (exact) mass is 352 g/mol. The molecule has 2 N–H and O–H groups in total. The molecule has 2 aromatic carbocycles. The lowest BCUT2D eigenvalue weighted by Gasteiger charge is -2.19. The lowest BCUT2D eigenvalue weighted by atomic mass is 9.96. The lowest BCUT2D eigenvalue weighted by molar-refractivity contribution is -0.137. The van der Waals surface area contributed by atoms with Crippen LogP contribution in [0.25, 0.3) is 10.8 Å². The predicted octanol–water partition coefficient (Wildman–Crippen LogP) is 3.32. The number of aryl methyl sites for hydroxylation is 2. The molecule has 0 spiro atoms. The molecule has 26 heavy (non-hydrogen) atoms. The van der Waals surface area contributed by atoms with Crippen molar-refractivity contribution in [2.24, 2.45) is 0 Å². The predicted molar refractivity (Wildman–Crippen MR) is 96.8 cm³/mol. The van der Waals surface area contributed by atoms with Crippen LogP contribution in [-0.4, -0.2) is 22.1 Å². The minimum absolute atomic E-state index is 0.0993. The third-order valence-electron chi connectivity index (χ3n) is 4.43. The Balaban J connectivity index is 1.88. The third kappa shape index (κ3) is 3.74. The van der Waals surface area contributed by atoms with Gasteiger partial charge >= 0.3 is 5.97 Å². The number of nitrogens with zero attached hydrogens (tertiary/aromatic N) is 1. The quantitative estimate of drug-likeness (QED) is 0.710. The van der Waals surface area contributed by atoms with Gasteiger partial charge in [-0.2, -0.15) is 0 Å². The zero-order valence-corrected chi connectivity index (χ0v) is 14.7. The molecule has 0 unspecified atom stereocenters. The van der Waals surface area contributed by atoms with E-state index in [2.05, 4.69) is 10.5 Å². The van der Waals surface area contributed by atoms with Gasteiger partial charge in [-0.15, -0.1) is 0 Å². The average Bonchev–Trinajstić information content (AvgIpc) is 2.92. The number of carbonyl (C=O) groups excluding carboxylic acids is 1. The number of carboxylic acid groups (broad SMARTS) is 1. The lowest BCUT2D eigenvalue weighted by Crippen LogP contribution is -2.31. The van der Waals surface area contributed by atoms with E-state index in [0.29, 0.717) is 11.5 Å². The first-order valence-electron chi connectivity index (χ1n) is 8.36. The molecule has 6 heteroatoms. The van der Waals surface area contributed by atoms with Crippen LogP contribution in [0.2, 0.25) is 0 Å². The van der Waals surface area contributed by atoms with Crippen molar-refractivity contribution in [1.29, 1.82) is 0 Å². The minimum Gasteiger partial charge on any atom is -0.481 e. The van der Waals surface area contributed by atoms with Gasteiger partial charge in [-0.1, -0.05) is 47.6 Å². The summed E-state index contributed by atoms with van der Waals surface area (Å²) in [5.74, 6) is -0.642. The second-order valence-corrected chi connectivity index (χ2v) is 6.27. The highest BCUT2D eigenvalue weighted by molar-refractivity contribution is 5.88. The first kappa shape index (κ1) is 17.7. The number of benzene rings is 2. The molecule has 0 bridgehead atoms. The van der Waals surface area contributed by atoms with Gasteiger partial charge in [-0.3, -0.25) is 9.59 Å². The van der Waals surface area contributed by atoms with Crippen LogP contribution < -0.4 is 5.32 Å². The number of hydrogen-bond donors (Lipinski definition) is 2. The van der Waals surface area contributed by atoms with Crippen LogP contribution in [0.3, 0.4) is 0 Å². The van der Waals surface area contributed by atoms with Crippen molar-refractivity contribution in [3.05, 3.63) is 65.0 Å². The standard InChI is InChI=1S/C20H20N2O4/c1-12-17(13(2)26-22-12)10-19(23)21-18(11-20(24)25)16-9-5-7-14-6-3-4-8-15(14)16/h3-9,18H,10-11H2,1-2H3,(H,21,23)(H,24,25)/t18-/m1/s1. The van der Waals surface area contributed by atoms with Crippen molar-refractivity contribution in [3.63, 3.8) is 0 Å². The molecule has 0 fully saturated rings. The SMILES string of the molecule is Cc1noc(C)c1CC(=O)N[C@H](CC(=O)O)c1cccc2ccccc12. The number of amides is 1. The number of aliphatic carboxylic acids is 1. The van der Waals surface area contributed by atoms with Gasteiger partial charge < -0.3 is 14.9 Å². The van der Waals surface area contributed by atoms with Crippen LogP contribution in [0.1, 0.15) is 35.0 Å². The second-order valence-electron chi connectivity index (χ2n) is 6.27. The van der Waals surface area contributed by atoms with Crippen LogP contribution in [0.15, 0.2) is 47.0 Å². The highest BCUT2D eigenvalue weighted by Crippen LogP contribution is 2.26. The molecule has 6 nitrogen and oxygen atoms in total. The molecule has 1 aromatic heterocycles. The van der Waals surface area contributed by atoms with Gasteiger partial charge in [0.05, 0.1) is 24.6 Å². The molecule has 0 aliphatic heterocycles. The minimum atomic E-state index is -0.972. The molecule has 1 heterocycles. The Morgan fingerprint density at radius 2 is 1.88 bits per heavy atom. The Morgan fingerprint density at radius 1 is 1.15 bits per heavy atom. The van der Waals surface area contributed by atoms with Crippen LogP contribution in [-0.2, 0) is 16.0 Å². The maximum absolute atomic E-state index is 12.5. The number of fused-ring (bicyclic) bond motifs is 1. The van der Waals surface area contributed by atoms with Crippen LogP contribution in [0.4, 0.5) is 0 Å². The summed E-state index contributed by atoms with van der Waals surface area (Å²) in [6.45, 7) is 3.53. The van der Waals surface area contributed by atoms with Crippen molar-refractivity contribution in [2.45, 2.75) is 32.7 Å². The number of aromatic nitrogens is 1. The fourth-order valence-electron chi connectivity index (χ4n) is 3.13. The molecule has 0 radical (unpaired) electrons. The molecular weight excluding hydrogens is 332 g/mol. The van der Waals surface area contributed by atoms with Crippen molar-refractivity contribution in [2.75, 3.05) is 0 Å². The fraction of sp³-hybridized carbons (Fsp3) is 0.250. The third-order valence-corrected chi connectivity index (χ3v) is 4.43. The molecule has 0 aliphatic carbocycles. The first-order chi connectivity index (χ1) is 12.5. The van der Waals surface area contributed by atoms with Gasteiger partial charge in [0.2, 0.25) is 5.91 Å². The summed E-state index contributed by atoms with van der Waals surface area (Å²) in [7, 11) is 0. The van der Waals surface area contributed by atoms with Gasteiger partial charge in [0.15, 0.2) is 0 Å². The van der Waals surface area contributed by atoms with Crippen LogP contribution in [0, 0.1) is 13.8 Å². The number of carbonyl (C=O) groups is 2. The highest BCUT2D eigenvalue weighted by atomic mass is 16.5. The van der Waals surface area contributed by atoms with E-state index in [1.165, 1.54) is 0 Å². The number of nitrogens with one attached hydrogen (secondary N) is 1. The fourth-order valence-corrected chi connectivity index (χ4v) is 3.13. The van der Waals surface area contributed by atoms with E-state index in [9.17, 15) is 14.7 Å². The van der Waals surface area contributed by atoms with E-state index in [1.54, 1.807) is 13.8 Å². The van der Waals surface area contributed by atoms with Crippen molar-refractivity contribution in [1.82, 2.24) is 10.5 Å². The molecule has 1 amide bonds. The number of hydrogen-bond acceptors (Lipinski definition) is 4. The van der Waals surface area contributed by atoms with Gasteiger partial charge in [0.25, 0.3) is 0 Å². The van der Waals surface area contributed by atoms with Gasteiger partial charge in [-0.05, 0) is 30.2 Å². The summed E-state index contributed by atoms with van der Waals surface area (Å²) < 4.78 is 5.08. The van der Waals surface area contributed by atoms with Gasteiger partial charge in [-0.25, -0.2) is 0 Å². The van der Waals surface area contributed by atoms with Gasteiger partial charge in [0.1, 0.15) is 5.76 Å². The molecule has 3 rings (SSSR count). The maximum atomic E-state index is 12.5. The zero-order valence-electron chi connectivity index (χ0n) is 14.7. The topological polar surface area (TPSA) is 92.4 Å². The zero-order chi connectivity index (χ0) is 18.7. The Bertz CT molecular complexity index is 937. The summed E-state index contributed by atoms with van der Waals surface area (Å²) in [6, 6.07) is 12.8. The van der Waals surface area contributed by atoms with E-state index in [-0.39, 0.29) is 18.7 Å². The molecule has 0 saturated heterocycles. The summed E-state index contributed by atoms with van der Waals surface area (Å²) >= 11 is 0. The van der Waals surface area contributed by atoms with Crippen molar-refractivity contribution >= 4 is 22.6 Å². The molecular formula is C20H20N2O4. The largest absolute Gasteiger partial charge is 0.481 e. The first-order valence-corrected chi connectivity index (χ1v) is 8.36. The van der Waals surface area contributed by atoms with E-state index >= 15 is 0 Å². The normalized spacial score (nSPS) is 12.1. The molecule has 0 aliphatic rings. The maximum Gasteiger partial charge on any atom is 0.305 e. The molecule has 0 saturated carbocycles. The summed E-state index contributed by atoms with van der Waals surface area (Å²) in [4.78, 5) is 23.9. The number of carboxylic acids is 1. The highest BCUT2D eigenvalue weighted by Gasteiger charge is 2.21. The average molecular weight is 352 g/mol. The Morgan fingerprint density at radius 3 is 2.58 bits per heavy atom. The number of rotatable bonds is 6. The summed E-state index contributed by atoms with van der Waals surface area (Å²) in [5.41, 5.74) is 2.18. The molecule has 3 aromatic rings. The van der Waals surface area contributed by atoms with E-state index in [0.717, 1.165) is 21.9 Å². The Hall–Kier alpha value is -3.15. The molecule has 134 valence electrons. The Kier molecular flexibility index (Phi) is 5.02.